The Morgan fingerprint density at radius 2 is 1.97 bits per heavy atom. The third kappa shape index (κ3) is 6.99. The Morgan fingerprint density at radius 3 is 2.47 bits per heavy atom. The largest absolute Gasteiger partial charge is 0.368 e. The fraction of sp³-hybridized carbons (Fsp3) is 0.522. The van der Waals surface area contributed by atoms with Crippen molar-refractivity contribution in [3.05, 3.63) is 35.4 Å². The maximum Gasteiger partial charge on any atom is 0.233 e. The number of para-hydroxylation sites is 1. The average Bonchev–Trinajstić information content (AvgIpc) is 2.74. The summed E-state index contributed by atoms with van der Waals surface area (Å²) in [5, 5.41) is 10.5. The topological polar surface area (TPSA) is 81.0 Å². The molecule has 30 heavy (non-hydrogen) atoms. The predicted octanol–water partition coefficient (Wildman–Crippen LogP) is 4.63. The van der Waals surface area contributed by atoms with Gasteiger partial charge in [-0.1, -0.05) is 25.1 Å². The molecule has 1 amide bonds. The van der Waals surface area contributed by atoms with Gasteiger partial charge in [0, 0.05) is 37.6 Å². The van der Waals surface area contributed by atoms with Crippen LogP contribution in [0.4, 0.5) is 5.69 Å². The minimum absolute atomic E-state index is 0.583. The SMILES string of the molecule is C=N.C=NNc1ccccc1C(=C1CCC1)N1CC(C)CC[C@H]1C.CON(C)C=O. The molecule has 1 heterocycles. The summed E-state index contributed by atoms with van der Waals surface area (Å²) in [4.78, 5) is 16.5. The number of carbonyl (C=O) groups excluding carboxylic acids is 1. The number of nitrogens with zero attached hydrogens (tertiary/aromatic N) is 3. The van der Waals surface area contributed by atoms with Gasteiger partial charge in [-0.3, -0.25) is 15.1 Å². The van der Waals surface area contributed by atoms with Crippen molar-refractivity contribution in [3.63, 3.8) is 0 Å². The number of hydrazone groups is 1. The molecule has 3 rings (SSSR count). The van der Waals surface area contributed by atoms with Crippen LogP contribution in [0.3, 0.4) is 0 Å². The van der Waals surface area contributed by atoms with E-state index in [-0.39, 0.29) is 0 Å². The summed E-state index contributed by atoms with van der Waals surface area (Å²) < 4.78 is 0. The van der Waals surface area contributed by atoms with E-state index in [0.29, 0.717) is 12.5 Å². The number of benzene rings is 1. The summed E-state index contributed by atoms with van der Waals surface area (Å²) in [6, 6.07) is 9.12. The Hall–Kier alpha value is -2.67. The molecule has 1 aromatic rings. The first-order chi connectivity index (χ1) is 14.5. The second-order valence-electron chi connectivity index (χ2n) is 7.64. The monoisotopic (exact) mass is 415 g/mol. The van der Waals surface area contributed by atoms with Crippen molar-refractivity contribution in [2.75, 3.05) is 26.1 Å². The van der Waals surface area contributed by atoms with Crippen LogP contribution >= 0.6 is 0 Å². The van der Waals surface area contributed by atoms with Crippen molar-refractivity contribution >= 4 is 31.2 Å². The van der Waals surface area contributed by atoms with Gasteiger partial charge in [0.05, 0.1) is 12.8 Å². The lowest BCUT2D eigenvalue weighted by molar-refractivity contribution is -0.153. The molecule has 1 saturated heterocycles. The minimum atomic E-state index is 0.583. The first kappa shape index (κ1) is 25.4. The standard InChI is InChI=1S/C19H27N3.C3H7NO2.CH3N/c1-14-11-12-15(2)22(13-14)19(16-7-6-8-16)17-9-4-5-10-18(17)21-20-3;1-4(3-5)6-2;1-2/h4-5,9-10,14-15,21H,3,6-8,11-13H2,1-2H3;3H,1-2H3;2H,1H2/t14?,15-;;/m1../s1. The van der Waals surface area contributed by atoms with E-state index in [1.165, 1.54) is 57.5 Å². The Morgan fingerprint density at radius 1 is 1.30 bits per heavy atom. The molecule has 1 unspecified atom stereocenters. The van der Waals surface area contributed by atoms with Crippen LogP contribution in [0.5, 0.6) is 0 Å². The molecule has 166 valence electrons. The highest BCUT2D eigenvalue weighted by Crippen LogP contribution is 2.41. The maximum absolute atomic E-state index is 9.54. The van der Waals surface area contributed by atoms with Crippen molar-refractivity contribution < 1.29 is 9.63 Å². The molecule has 7 heteroatoms. The quantitative estimate of drug-likeness (QED) is 0.403. The number of anilines is 1. The number of allylic oxidation sites excluding steroid dienone is 1. The van der Waals surface area contributed by atoms with Crippen LogP contribution in [0.25, 0.3) is 5.70 Å². The van der Waals surface area contributed by atoms with Crippen molar-refractivity contribution in [1.82, 2.24) is 9.96 Å². The van der Waals surface area contributed by atoms with E-state index >= 15 is 0 Å². The number of hydrogen-bond acceptors (Lipinski definition) is 6. The number of hydrogen-bond donors (Lipinski definition) is 2. The Bertz CT molecular complexity index is 701. The van der Waals surface area contributed by atoms with Gasteiger partial charge in [-0.05, 0) is 63.3 Å². The van der Waals surface area contributed by atoms with Gasteiger partial charge in [-0.25, -0.2) is 5.06 Å². The lowest BCUT2D eigenvalue weighted by Crippen LogP contribution is -2.40. The van der Waals surface area contributed by atoms with E-state index in [1.54, 1.807) is 5.57 Å². The van der Waals surface area contributed by atoms with Crippen molar-refractivity contribution in [1.29, 1.82) is 5.41 Å². The molecule has 1 aromatic carbocycles. The molecule has 0 radical (unpaired) electrons. The summed E-state index contributed by atoms with van der Waals surface area (Å²) in [5.41, 5.74) is 8.49. The van der Waals surface area contributed by atoms with E-state index in [0.717, 1.165) is 23.2 Å². The lowest BCUT2D eigenvalue weighted by Gasteiger charge is -2.43. The Labute approximate surface area is 181 Å². The van der Waals surface area contributed by atoms with Crippen LogP contribution < -0.4 is 5.43 Å². The first-order valence-corrected chi connectivity index (χ1v) is 10.4. The molecule has 0 aromatic heterocycles. The number of amides is 1. The zero-order chi connectivity index (χ0) is 22.5. The molecule has 1 aliphatic heterocycles. The molecule has 0 bridgehead atoms. The predicted molar refractivity (Wildman–Crippen MR) is 126 cm³/mol. The number of hydroxylamine groups is 2. The van der Waals surface area contributed by atoms with Gasteiger partial charge in [0.25, 0.3) is 0 Å². The molecule has 2 aliphatic rings. The third-order valence-electron chi connectivity index (χ3n) is 5.52. The van der Waals surface area contributed by atoms with Gasteiger partial charge < -0.3 is 10.3 Å². The molecule has 0 spiro atoms. The number of carbonyl (C=O) groups is 1. The van der Waals surface area contributed by atoms with Gasteiger partial charge in [0.15, 0.2) is 0 Å². The Balaban J connectivity index is 0.000000487. The summed E-state index contributed by atoms with van der Waals surface area (Å²) in [6.45, 7) is 12.0. The van der Waals surface area contributed by atoms with Crippen molar-refractivity contribution in [2.24, 2.45) is 11.0 Å². The summed E-state index contributed by atoms with van der Waals surface area (Å²) in [6.07, 6.45) is 7.01. The van der Waals surface area contributed by atoms with Gasteiger partial charge in [0.1, 0.15) is 0 Å². The highest BCUT2D eigenvalue weighted by Gasteiger charge is 2.29. The van der Waals surface area contributed by atoms with Gasteiger partial charge >= 0.3 is 0 Å². The van der Waals surface area contributed by atoms with Crippen LogP contribution in [0, 0.1) is 11.3 Å². The molecular formula is C23H37N5O2. The second kappa shape index (κ2) is 13.5. The molecule has 1 aliphatic carbocycles. The van der Waals surface area contributed by atoms with E-state index in [9.17, 15) is 4.79 Å². The first-order valence-electron chi connectivity index (χ1n) is 10.4. The highest BCUT2D eigenvalue weighted by molar-refractivity contribution is 5.78. The normalized spacial score (nSPS) is 19.7. The van der Waals surface area contributed by atoms with Gasteiger partial charge in [-0.15, -0.1) is 0 Å². The Kier molecular flexibility index (Phi) is 11.4. The molecule has 2 fully saturated rings. The van der Waals surface area contributed by atoms with Gasteiger partial charge in [-0.2, -0.15) is 5.10 Å². The minimum Gasteiger partial charge on any atom is -0.368 e. The number of likely N-dealkylation sites (tertiary alicyclic amines) is 1. The average molecular weight is 416 g/mol. The zero-order valence-electron chi connectivity index (χ0n) is 18.9. The third-order valence-corrected chi connectivity index (χ3v) is 5.52. The smallest absolute Gasteiger partial charge is 0.233 e. The fourth-order valence-electron chi connectivity index (χ4n) is 3.65. The van der Waals surface area contributed by atoms with Crippen molar-refractivity contribution in [2.45, 2.75) is 52.0 Å². The molecule has 2 N–H and O–H groups in total. The van der Waals surface area contributed by atoms with Gasteiger partial charge in [0.2, 0.25) is 6.41 Å². The number of nitrogens with one attached hydrogen (secondary N) is 2. The molecule has 1 saturated carbocycles. The van der Waals surface area contributed by atoms with E-state index in [1.807, 2.05) is 0 Å². The molecular weight excluding hydrogens is 378 g/mol. The zero-order valence-corrected chi connectivity index (χ0v) is 18.9. The summed E-state index contributed by atoms with van der Waals surface area (Å²) >= 11 is 0. The van der Waals surface area contributed by atoms with E-state index < -0.39 is 0 Å². The van der Waals surface area contributed by atoms with Crippen molar-refractivity contribution in [3.8, 4) is 0 Å². The van der Waals surface area contributed by atoms with E-state index in [4.69, 9.17) is 5.41 Å². The highest BCUT2D eigenvalue weighted by atomic mass is 16.7. The van der Waals surface area contributed by atoms with Crippen LogP contribution in [0.2, 0.25) is 0 Å². The molecule has 7 nitrogen and oxygen atoms in total. The number of piperidine rings is 1. The maximum atomic E-state index is 9.54. The lowest BCUT2D eigenvalue weighted by atomic mass is 9.85. The van der Waals surface area contributed by atoms with Crippen LogP contribution in [-0.4, -0.2) is 56.6 Å². The number of rotatable bonds is 6. The van der Waals surface area contributed by atoms with Crippen LogP contribution in [0.15, 0.2) is 34.9 Å². The van der Waals surface area contributed by atoms with Crippen LogP contribution in [-0.2, 0) is 9.63 Å². The van der Waals surface area contributed by atoms with Crippen LogP contribution in [0.1, 0.15) is 51.5 Å². The summed E-state index contributed by atoms with van der Waals surface area (Å²) in [5.74, 6) is 0.768. The second-order valence-corrected chi connectivity index (χ2v) is 7.64. The fourth-order valence-corrected chi connectivity index (χ4v) is 3.65. The molecule has 2 atom stereocenters. The van der Waals surface area contributed by atoms with E-state index in [2.05, 4.69) is 71.8 Å². The summed E-state index contributed by atoms with van der Waals surface area (Å²) in [7, 11) is 2.95.